The van der Waals surface area contributed by atoms with Gasteiger partial charge in [0, 0.05) is 17.7 Å². The Labute approximate surface area is 117 Å². The summed E-state index contributed by atoms with van der Waals surface area (Å²) in [4.78, 5) is 0. The zero-order valence-electron chi connectivity index (χ0n) is 11.0. The Hall–Kier alpha value is -2.07. The summed E-state index contributed by atoms with van der Waals surface area (Å²) in [7, 11) is 0. The molecule has 0 amide bonds. The van der Waals surface area contributed by atoms with Crippen LogP contribution in [0.5, 0.6) is 5.75 Å². The minimum Gasteiger partial charge on any atom is -0.493 e. The van der Waals surface area contributed by atoms with Crippen molar-refractivity contribution in [3.05, 3.63) is 59.9 Å². The monoisotopic (exact) mass is 273 g/mol. The number of para-hydroxylation sites is 1. The molecular weight excluding hydrogens is 257 g/mol. The normalized spacial score (nSPS) is 20.9. The maximum absolute atomic E-state index is 13.0. The molecule has 0 saturated heterocycles. The summed E-state index contributed by atoms with van der Waals surface area (Å²) < 4.78 is 18.6. The summed E-state index contributed by atoms with van der Waals surface area (Å²) in [6.07, 6.45) is 0.651. The van der Waals surface area contributed by atoms with Gasteiger partial charge in [-0.2, -0.15) is 0 Å². The van der Waals surface area contributed by atoms with Crippen LogP contribution in [0.2, 0.25) is 0 Å². The van der Waals surface area contributed by atoms with Crippen molar-refractivity contribution < 1.29 is 14.2 Å². The molecule has 3 nitrogen and oxygen atoms in total. The van der Waals surface area contributed by atoms with E-state index in [0.717, 1.165) is 17.0 Å². The van der Waals surface area contributed by atoms with Gasteiger partial charge in [0.05, 0.1) is 18.8 Å². The number of hydrogen-bond donors (Lipinski definition) is 2. The zero-order valence-corrected chi connectivity index (χ0v) is 11.0. The topological polar surface area (TPSA) is 41.5 Å². The average molecular weight is 273 g/mol. The number of hydrogen-bond acceptors (Lipinski definition) is 3. The van der Waals surface area contributed by atoms with Gasteiger partial charge in [-0.15, -0.1) is 0 Å². The molecule has 0 aliphatic carbocycles. The van der Waals surface area contributed by atoms with Crippen LogP contribution in [0.25, 0.3) is 0 Å². The molecule has 2 aromatic rings. The first-order valence-electron chi connectivity index (χ1n) is 6.60. The Kier molecular flexibility index (Phi) is 3.32. The van der Waals surface area contributed by atoms with Gasteiger partial charge in [-0.25, -0.2) is 4.39 Å². The molecule has 1 heterocycles. The van der Waals surface area contributed by atoms with Crippen LogP contribution in [0.1, 0.15) is 12.0 Å². The molecule has 1 aliphatic heterocycles. The van der Waals surface area contributed by atoms with E-state index in [9.17, 15) is 9.50 Å². The third-order valence-electron chi connectivity index (χ3n) is 3.69. The summed E-state index contributed by atoms with van der Waals surface area (Å²) in [6.45, 7) is 0.483. The third-order valence-corrected chi connectivity index (χ3v) is 3.69. The number of anilines is 1. The molecular formula is C16H16FNO2. The van der Waals surface area contributed by atoms with E-state index in [0.29, 0.717) is 13.0 Å². The number of rotatable bonds is 3. The average Bonchev–Trinajstić information content (AvgIpc) is 2.50. The van der Waals surface area contributed by atoms with Gasteiger partial charge in [0.15, 0.2) is 0 Å². The molecule has 0 fully saturated rings. The molecule has 104 valence electrons. The van der Waals surface area contributed by atoms with Crippen LogP contribution in [0.3, 0.4) is 0 Å². The fourth-order valence-corrected chi connectivity index (χ4v) is 2.60. The van der Waals surface area contributed by atoms with Gasteiger partial charge in [0.1, 0.15) is 11.6 Å². The Morgan fingerprint density at radius 1 is 1.15 bits per heavy atom. The second kappa shape index (κ2) is 5.13. The molecule has 3 rings (SSSR count). The summed E-state index contributed by atoms with van der Waals surface area (Å²) >= 11 is 0. The van der Waals surface area contributed by atoms with Gasteiger partial charge < -0.3 is 15.2 Å². The van der Waals surface area contributed by atoms with E-state index in [-0.39, 0.29) is 12.4 Å². The van der Waals surface area contributed by atoms with Crippen molar-refractivity contribution in [3.8, 4) is 5.75 Å². The third kappa shape index (κ3) is 2.23. The molecule has 0 bridgehead atoms. The highest BCUT2D eigenvalue weighted by Crippen LogP contribution is 2.39. The number of aliphatic hydroxyl groups is 1. The lowest BCUT2D eigenvalue weighted by molar-refractivity contribution is 0.152. The number of benzene rings is 2. The van der Waals surface area contributed by atoms with E-state index in [1.165, 1.54) is 12.1 Å². The van der Waals surface area contributed by atoms with Crippen molar-refractivity contribution >= 4 is 5.69 Å². The predicted octanol–water partition coefficient (Wildman–Crippen LogP) is 2.91. The second-order valence-electron chi connectivity index (χ2n) is 4.97. The Bertz CT molecular complexity index is 600. The number of fused-ring (bicyclic) bond motifs is 1. The van der Waals surface area contributed by atoms with Crippen LogP contribution >= 0.6 is 0 Å². The minimum atomic E-state index is -0.591. The lowest BCUT2D eigenvalue weighted by atomic mass is 9.85. The number of nitrogens with one attached hydrogen (secondary N) is 1. The van der Waals surface area contributed by atoms with Crippen molar-refractivity contribution in [2.24, 2.45) is 0 Å². The maximum Gasteiger partial charge on any atom is 0.124 e. The SMILES string of the molecule is OCC1(Nc2ccc(F)cc2)CCOc2ccccc21. The zero-order chi connectivity index (χ0) is 14.0. The first kappa shape index (κ1) is 12.9. The van der Waals surface area contributed by atoms with Gasteiger partial charge in [0.2, 0.25) is 0 Å². The van der Waals surface area contributed by atoms with Crippen LogP contribution in [0, 0.1) is 5.82 Å². The fraction of sp³-hybridized carbons (Fsp3) is 0.250. The van der Waals surface area contributed by atoms with E-state index in [4.69, 9.17) is 4.74 Å². The molecule has 0 spiro atoms. The summed E-state index contributed by atoms with van der Waals surface area (Å²) in [6, 6.07) is 13.8. The van der Waals surface area contributed by atoms with Gasteiger partial charge >= 0.3 is 0 Å². The molecule has 0 aromatic heterocycles. The number of halogens is 1. The van der Waals surface area contributed by atoms with E-state index in [2.05, 4.69) is 5.32 Å². The fourth-order valence-electron chi connectivity index (χ4n) is 2.60. The van der Waals surface area contributed by atoms with Crippen LogP contribution < -0.4 is 10.1 Å². The lowest BCUT2D eigenvalue weighted by Gasteiger charge is -2.39. The van der Waals surface area contributed by atoms with E-state index in [1.807, 2.05) is 24.3 Å². The van der Waals surface area contributed by atoms with E-state index in [1.54, 1.807) is 12.1 Å². The summed E-state index contributed by atoms with van der Waals surface area (Å²) in [5, 5.41) is 13.2. The van der Waals surface area contributed by atoms with Gasteiger partial charge in [0.25, 0.3) is 0 Å². The molecule has 2 aromatic carbocycles. The Balaban J connectivity index is 1.98. The second-order valence-corrected chi connectivity index (χ2v) is 4.97. The quantitative estimate of drug-likeness (QED) is 0.903. The van der Waals surface area contributed by atoms with Crippen molar-refractivity contribution in [2.45, 2.75) is 12.0 Å². The van der Waals surface area contributed by atoms with Gasteiger partial charge in [-0.1, -0.05) is 18.2 Å². The Morgan fingerprint density at radius 2 is 1.90 bits per heavy atom. The van der Waals surface area contributed by atoms with Crippen molar-refractivity contribution in [1.82, 2.24) is 0 Å². The van der Waals surface area contributed by atoms with Crippen molar-refractivity contribution in [1.29, 1.82) is 0 Å². The van der Waals surface area contributed by atoms with Gasteiger partial charge in [-0.3, -0.25) is 0 Å². The summed E-state index contributed by atoms with van der Waals surface area (Å²) in [5.41, 5.74) is 1.11. The van der Waals surface area contributed by atoms with Crippen LogP contribution in [0.15, 0.2) is 48.5 Å². The molecule has 4 heteroatoms. The molecule has 2 N–H and O–H groups in total. The first-order chi connectivity index (χ1) is 9.73. The Morgan fingerprint density at radius 3 is 2.65 bits per heavy atom. The highest BCUT2D eigenvalue weighted by atomic mass is 19.1. The molecule has 20 heavy (non-hydrogen) atoms. The van der Waals surface area contributed by atoms with Crippen molar-refractivity contribution in [3.63, 3.8) is 0 Å². The number of ether oxygens (including phenoxy) is 1. The molecule has 0 radical (unpaired) electrons. The number of aliphatic hydroxyl groups excluding tert-OH is 1. The largest absolute Gasteiger partial charge is 0.493 e. The highest BCUT2D eigenvalue weighted by molar-refractivity contribution is 5.52. The van der Waals surface area contributed by atoms with Crippen LogP contribution in [-0.2, 0) is 5.54 Å². The maximum atomic E-state index is 13.0. The molecule has 1 atom stereocenters. The van der Waals surface area contributed by atoms with Crippen LogP contribution in [0.4, 0.5) is 10.1 Å². The minimum absolute atomic E-state index is 0.0508. The molecule has 1 aliphatic rings. The standard InChI is InChI=1S/C16H16FNO2/c17-12-5-7-13(8-6-12)18-16(11-19)9-10-20-15-4-2-1-3-14(15)16/h1-8,18-19H,9-11H2. The smallest absolute Gasteiger partial charge is 0.124 e. The van der Waals surface area contributed by atoms with Gasteiger partial charge in [-0.05, 0) is 30.3 Å². The summed E-state index contributed by atoms with van der Waals surface area (Å²) in [5.74, 6) is 0.503. The first-order valence-corrected chi connectivity index (χ1v) is 6.60. The van der Waals surface area contributed by atoms with E-state index < -0.39 is 5.54 Å². The van der Waals surface area contributed by atoms with E-state index >= 15 is 0 Å². The van der Waals surface area contributed by atoms with Crippen molar-refractivity contribution in [2.75, 3.05) is 18.5 Å². The molecule has 0 saturated carbocycles. The lowest BCUT2D eigenvalue weighted by Crippen LogP contribution is -2.43. The molecule has 1 unspecified atom stereocenters. The van der Waals surface area contributed by atoms with Crippen LogP contribution in [-0.4, -0.2) is 18.3 Å². The predicted molar refractivity (Wildman–Crippen MR) is 75.3 cm³/mol. The highest BCUT2D eigenvalue weighted by Gasteiger charge is 2.37.